The Morgan fingerprint density at radius 2 is 2.00 bits per heavy atom. The minimum atomic E-state index is -0.762. The fourth-order valence-corrected chi connectivity index (χ4v) is 5.50. The molecule has 5 nitrogen and oxygen atoms in total. The lowest BCUT2D eigenvalue weighted by Crippen LogP contribution is -2.15. The number of rotatable bonds is 5. The number of carboxylic acids is 1. The SMILES string of the molecule is CCCC(C(=O)O)c1c(C)nc2sc3c(c2c1-c1ccc(C)cc1)CCCN3.N. The maximum atomic E-state index is 12.2. The molecule has 2 aromatic heterocycles. The molecule has 1 aromatic carbocycles. The lowest BCUT2D eigenvalue weighted by molar-refractivity contribution is -0.139. The van der Waals surface area contributed by atoms with Gasteiger partial charge in [-0.15, -0.1) is 0 Å². The van der Waals surface area contributed by atoms with Gasteiger partial charge in [0.2, 0.25) is 0 Å². The number of nitrogens with zero attached hydrogens (tertiary/aromatic N) is 1. The highest BCUT2D eigenvalue weighted by atomic mass is 32.1. The van der Waals surface area contributed by atoms with Gasteiger partial charge in [0.15, 0.2) is 0 Å². The predicted octanol–water partition coefficient (Wildman–Crippen LogP) is 6.07. The number of aryl methyl sites for hydroxylation is 3. The molecule has 4 rings (SSSR count). The first-order valence-electron chi connectivity index (χ1n) is 10.0. The second-order valence-electron chi connectivity index (χ2n) is 7.65. The van der Waals surface area contributed by atoms with Gasteiger partial charge >= 0.3 is 5.97 Å². The number of carbonyl (C=O) groups is 1. The molecular weight excluding hydrogens is 382 g/mol. The third-order valence-corrected chi connectivity index (χ3v) is 6.70. The molecule has 3 heterocycles. The minimum Gasteiger partial charge on any atom is -0.481 e. The summed E-state index contributed by atoms with van der Waals surface area (Å²) in [7, 11) is 0. The maximum Gasteiger partial charge on any atom is 0.311 e. The van der Waals surface area contributed by atoms with Crippen molar-refractivity contribution in [3.63, 3.8) is 0 Å². The second-order valence-corrected chi connectivity index (χ2v) is 8.65. The van der Waals surface area contributed by atoms with Crippen molar-refractivity contribution in [2.75, 3.05) is 11.9 Å². The number of hydrogen-bond donors (Lipinski definition) is 3. The van der Waals surface area contributed by atoms with Crippen molar-refractivity contribution in [1.82, 2.24) is 11.1 Å². The number of fused-ring (bicyclic) bond motifs is 3. The summed E-state index contributed by atoms with van der Waals surface area (Å²) < 4.78 is 0. The summed E-state index contributed by atoms with van der Waals surface area (Å²) >= 11 is 1.70. The zero-order valence-electron chi connectivity index (χ0n) is 17.3. The van der Waals surface area contributed by atoms with E-state index in [1.165, 1.54) is 16.1 Å². The molecule has 0 saturated heterocycles. The average Bonchev–Trinajstić information content (AvgIpc) is 3.04. The van der Waals surface area contributed by atoms with Crippen LogP contribution in [-0.2, 0) is 11.2 Å². The summed E-state index contributed by atoms with van der Waals surface area (Å²) in [5.74, 6) is -1.30. The van der Waals surface area contributed by atoms with Gasteiger partial charge in [0.1, 0.15) is 4.83 Å². The monoisotopic (exact) mass is 411 g/mol. The summed E-state index contributed by atoms with van der Waals surface area (Å²) in [6.45, 7) is 7.06. The van der Waals surface area contributed by atoms with E-state index in [4.69, 9.17) is 4.98 Å². The Labute approximate surface area is 175 Å². The van der Waals surface area contributed by atoms with Gasteiger partial charge in [-0.1, -0.05) is 54.5 Å². The molecule has 29 heavy (non-hydrogen) atoms. The highest BCUT2D eigenvalue weighted by Gasteiger charge is 2.30. The van der Waals surface area contributed by atoms with E-state index in [1.807, 2.05) is 13.8 Å². The maximum absolute atomic E-state index is 12.2. The van der Waals surface area contributed by atoms with E-state index in [9.17, 15) is 9.90 Å². The molecule has 1 atom stereocenters. The lowest BCUT2D eigenvalue weighted by Gasteiger charge is -2.21. The molecule has 0 spiro atoms. The highest BCUT2D eigenvalue weighted by Crippen LogP contribution is 2.46. The van der Waals surface area contributed by atoms with Crippen molar-refractivity contribution in [2.45, 2.75) is 52.4 Å². The molecular formula is C23H29N3O2S. The summed E-state index contributed by atoms with van der Waals surface area (Å²) in [6.07, 6.45) is 3.54. The summed E-state index contributed by atoms with van der Waals surface area (Å²) in [4.78, 5) is 18.1. The molecule has 1 aliphatic heterocycles. The van der Waals surface area contributed by atoms with Crippen LogP contribution in [0.2, 0.25) is 0 Å². The van der Waals surface area contributed by atoms with E-state index in [0.29, 0.717) is 6.42 Å². The van der Waals surface area contributed by atoms with Crippen LogP contribution >= 0.6 is 11.3 Å². The Hall–Kier alpha value is -2.44. The quantitative estimate of drug-likeness (QED) is 0.473. The van der Waals surface area contributed by atoms with Crippen LogP contribution in [0.25, 0.3) is 21.3 Å². The van der Waals surface area contributed by atoms with Crippen molar-refractivity contribution >= 4 is 32.5 Å². The third kappa shape index (κ3) is 3.74. The molecule has 0 radical (unpaired) electrons. The fraction of sp³-hybridized carbons (Fsp3) is 0.391. The number of anilines is 1. The summed E-state index contributed by atoms with van der Waals surface area (Å²) in [5.41, 5.74) is 6.38. The largest absolute Gasteiger partial charge is 0.481 e. The Kier molecular flexibility index (Phi) is 6.24. The molecule has 0 bridgehead atoms. The van der Waals surface area contributed by atoms with E-state index in [-0.39, 0.29) is 6.15 Å². The van der Waals surface area contributed by atoms with E-state index in [1.54, 1.807) is 11.3 Å². The molecule has 0 aliphatic carbocycles. The Balaban J connectivity index is 0.00000240. The number of pyridine rings is 1. The zero-order valence-corrected chi connectivity index (χ0v) is 18.2. The molecule has 3 aromatic rings. The van der Waals surface area contributed by atoms with E-state index in [2.05, 4.69) is 36.5 Å². The van der Waals surface area contributed by atoms with Crippen molar-refractivity contribution in [3.05, 3.63) is 46.6 Å². The summed E-state index contributed by atoms with van der Waals surface area (Å²) in [6, 6.07) is 8.46. The van der Waals surface area contributed by atoms with Crippen LogP contribution in [-0.4, -0.2) is 22.6 Å². The molecule has 5 N–H and O–H groups in total. The van der Waals surface area contributed by atoms with Crippen LogP contribution < -0.4 is 11.5 Å². The first-order valence-corrected chi connectivity index (χ1v) is 10.8. The predicted molar refractivity (Wildman–Crippen MR) is 122 cm³/mol. The fourth-order valence-electron chi connectivity index (χ4n) is 4.29. The van der Waals surface area contributed by atoms with Crippen LogP contribution in [0.3, 0.4) is 0 Å². The van der Waals surface area contributed by atoms with Crippen LogP contribution in [0, 0.1) is 13.8 Å². The van der Waals surface area contributed by atoms with Gasteiger partial charge in [0.25, 0.3) is 0 Å². The Morgan fingerprint density at radius 1 is 1.28 bits per heavy atom. The third-order valence-electron chi connectivity index (χ3n) is 5.62. The standard InChI is InChI=1S/C23H26N2O2S.H3N/c1-4-6-17(23(26)27)18-14(3)25-22-20(16-7-5-12-24-21(16)28-22)19(18)15-10-8-13(2)9-11-15;/h8-11,17,24H,4-7,12H2,1-3H3,(H,26,27);1H3. The van der Waals surface area contributed by atoms with E-state index >= 15 is 0 Å². The summed E-state index contributed by atoms with van der Waals surface area (Å²) in [5, 5.41) is 15.9. The lowest BCUT2D eigenvalue weighted by atomic mass is 9.84. The number of aliphatic carboxylic acids is 1. The van der Waals surface area contributed by atoms with Gasteiger partial charge in [-0.25, -0.2) is 4.98 Å². The molecule has 154 valence electrons. The number of thiophene rings is 1. The van der Waals surface area contributed by atoms with Crippen molar-refractivity contribution in [2.24, 2.45) is 0 Å². The van der Waals surface area contributed by atoms with Gasteiger partial charge in [-0.05, 0) is 55.4 Å². The zero-order chi connectivity index (χ0) is 19.8. The minimum absolute atomic E-state index is 0. The second kappa shape index (κ2) is 8.51. The van der Waals surface area contributed by atoms with Crippen LogP contribution in [0.5, 0.6) is 0 Å². The van der Waals surface area contributed by atoms with Crippen LogP contribution in [0.4, 0.5) is 5.00 Å². The number of aromatic nitrogens is 1. The van der Waals surface area contributed by atoms with Gasteiger partial charge in [0.05, 0.1) is 10.9 Å². The molecule has 0 amide bonds. The van der Waals surface area contributed by atoms with Gasteiger partial charge in [-0.2, -0.15) is 0 Å². The van der Waals surface area contributed by atoms with Crippen molar-refractivity contribution in [3.8, 4) is 11.1 Å². The molecule has 1 aliphatic rings. The average molecular weight is 412 g/mol. The van der Waals surface area contributed by atoms with Crippen molar-refractivity contribution < 1.29 is 9.90 Å². The number of benzene rings is 1. The molecule has 0 saturated carbocycles. The topological polar surface area (TPSA) is 97.2 Å². The Morgan fingerprint density at radius 3 is 2.66 bits per heavy atom. The molecule has 6 heteroatoms. The van der Waals surface area contributed by atoms with Crippen molar-refractivity contribution in [1.29, 1.82) is 0 Å². The van der Waals surface area contributed by atoms with Gasteiger partial charge in [0, 0.05) is 17.6 Å². The van der Waals surface area contributed by atoms with E-state index < -0.39 is 11.9 Å². The Bertz CT molecular complexity index is 1040. The first-order chi connectivity index (χ1) is 13.5. The number of hydrogen-bond acceptors (Lipinski definition) is 5. The van der Waals surface area contributed by atoms with Crippen LogP contribution in [0.15, 0.2) is 24.3 Å². The van der Waals surface area contributed by atoms with Gasteiger partial charge < -0.3 is 16.6 Å². The van der Waals surface area contributed by atoms with E-state index in [0.717, 1.165) is 58.4 Å². The highest BCUT2D eigenvalue weighted by molar-refractivity contribution is 7.22. The van der Waals surface area contributed by atoms with Crippen LogP contribution in [0.1, 0.15) is 54.5 Å². The normalized spacial score (nSPS) is 14.0. The number of carboxylic acid groups (broad SMARTS) is 1. The molecule has 1 unspecified atom stereocenters. The number of nitrogens with one attached hydrogen (secondary N) is 1. The smallest absolute Gasteiger partial charge is 0.311 e. The first kappa shape index (κ1) is 21.3. The van der Waals surface area contributed by atoms with Gasteiger partial charge in [-0.3, -0.25) is 4.79 Å². The molecule has 0 fully saturated rings.